The van der Waals surface area contributed by atoms with Crippen molar-refractivity contribution >= 4 is 17.5 Å². The van der Waals surface area contributed by atoms with Crippen molar-refractivity contribution in [2.24, 2.45) is 0 Å². The molecule has 40 heavy (non-hydrogen) atoms. The topological polar surface area (TPSA) is 109 Å². The van der Waals surface area contributed by atoms with Gasteiger partial charge in [0.05, 0.1) is 39.7 Å². The number of hydrogen-bond acceptors (Lipinski definition) is 8. The third-order valence-corrected chi connectivity index (χ3v) is 6.84. The molecule has 0 saturated carbocycles. The Bertz CT molecular complexity index is 1580. The van der Waals surface area contributed by atoms with Gasteiger partial charge >= 0.3 is 0 Å². The van der Waals surface area contributed by atoms with Gasteiger partial charge in [-0.1, -0.05) is 36.4 Å². The Morgan fingerprint density at radius 3 is 2.17 bits per heavy atom. The van der Waals surface area contributed by atoms with E-state index < -0.39 is 6.04 Å². The highest BCUT2D eigenvalue weighted by Crippen LogP contribution is 2.44. The summed E-state index contributed by atoms with van der Waals surface area (Å²) in [5, 5.41) is 11.2. The van der Waals surface area contributed by atoms with Crippen LogP contribution >= 0.6 is 0 Å². The Morgan fingerprint density at radius 2 is 1.52 bits per heavy atom. The van der Waals surface area contributed by atoms with Crippen molar-refractivity contribution in [2.75, 3.05) is 39.1 Å². The predicted molar refractivity (Wildman–Crippen MR) is 152 cm³/mol. The molecule has 1 aromatic heterocycles. The monoisotopic (exact) mass is 541 g/mol. The number of carbonyl (C=O) groups excluding carboxylic acids is 1. The number of nitrogens with zero attached hydrogens (tertiary/aromatic N) is 3. The van der Waals surface area contributed by atoms with E-state index in [2.05, 4.69) is 10.6 Å². The zero-order valence-electron chi connectivity index (χ0n) is 23.2. The van der Waals surface area contributed by atoms with Crippen LogP contribution in [0.1, 0.15) is 24.1 Å². The number of amides is 1. The van der Waals surface area contributed by atoms with E-state index in [0.717, 1.165) is 11.1 Å². The zero-order chi connectivity index (χ0) is 28.4. The van der Waals surface area contributed by atoms with E-state index in [-0.39, 0.29) is 5.91 Å². The number of nitrogens with one attached hydrogen (secondary N) is 2. The highest BCUT2D eigenvalue weighted by Gasteiger charge is 2.36. The fourth-order valence-electron chi connectivity index (χ4n) is 4.89. The molecule has 1 aliphatic rings. The molecular weight excluding hydrogens is 510 g/mol. The number of fused-ring (bicyclic) bond motifs is 1. The van der Waals surface area contributed by atoms with Crippen LogP contribution in [0.25, 0.3) is 11.4 Å². The number of rotatable bonds is 8. The van der Waals surface area contributed by atoms with Gasteiger partial charge in [0.15, 0.2) is 17.3 Å². The SMILES string of the molecule is COc1ccccc1NC(=O)C1=C(C)Nc2nc(-c3ccccc3C)nn2C1c1cc(OC)c(OC)c(OC)c1. The number of allylic oxidation sites excluding steroid dienone is 1. The molecule has 1 unspecified atom stereocenters. The van der Waals surface area contributed by atoms with Gasteiger partial charge in [0.25, 0.3) is 5.91 Å². The number of para-hydroxylation sites is 2. The van der Waals surface area contributed by atoms with Crippen molar-refractivity contribution < 1.29 is 23.7 Å². The maximum absolute atomic E-state index is 14.0. The molecule has 3 aromatic carbocycles. The van der Waals surface area contributed by atoms with Gasteiger partial charge in [-0.05, 0) is 49.2 Å². The van der Waals surface area contributed by atoms with Crippen molar-refractivity contribution in [2.45, 2.75) is 19.9 Å². The molecule has 2 heterocycles. The summed E-state index contributed by atoms with van der Waals surface area (Å²) < 4.78 is 24.0. The van der Waals surface area contributed by atoms with Crippen LogP contribution in [0.4, 0.5) is 11.6 Å². The van der Waals surface area contributed by atoms with Gasteiger partial charge in [-0.2, -0.15) is 4.98 Å². The summed E-state index contributed by atoms with van der Waals surface area (Å²) in [5.41, 5.74) is 4.24. The molecule has 0 radical (unpaired) electrons. The van der Waals surface area contributed by atoms with Crippen LogP contribution in [0.15, 0.2) is 71.9 Å². The first-order chi connectivity index (χ1) is 19.4. The Hall–Kier alpha value is -4.99. The maximum Gasteiger partial charge on any atom is 0.255 e. The lowest BCUT2D eigenvalue weighted by atomic mass is 9.94. The molecule has 0 bridgehead atoms. The highest BCUT2D eigenvalue weighted by molar-refractivity contribution is 6.06. The van der Waals surface area contributed by atoms with Crippen molar-refractivity contribution in [1.82, 2.24) is 14.8 Å². The number of aryl methyl sites for hydroxylation is 1. The summed E-state index contributed by atoms with van der Waals surface area (Å²) in [6, 6.07) is 18.1. The summed E-state index contributed by atoms with van der Waals surface area (Å²) in [6.45, 7) is 3.85. The summed E-state index contributed by atoms with van der Waals surface area (Å²) >= 11 is 0. The number of aromatic nitrogens is 3. The van der Waals surface area contributed by atoms with Crippen LogP contribution in [0.2, 0.25) is 0 Å². The molecule has 206 valence electrons. The number of carbonyl (C=O) groups is 1. The average molecular weight is 542 g/mol. The second-order valence-electron chi connectivity index (χ2n) is 9.20. The molecule has 0 fully saturated rings. The maximum atomic E-state index is 14.0. The Morgan fingerprint density at radius 1 is 0.875 bits per heavy atom. The van der Waals surface area contributed by atoms with Crippen LogP contribution in [-0.2, 0) is 4.79 Å². The van der Waals surface area contributed by atoms with E-state index in [9.17, 15) is 4.79 Å². The molecule has 0 aliphatic carbocycles. The van der Waals surface area contributed by atoms with Gasteiger partial charge in [0.1, 0.15) is 11.8 Å². The minimum absolute atomic E-state index is 0.327. The first-order valence-corrected chi connectivity index (χ1v) is 12.6. The number of ether oxygens (including phenoxy) is 4. The van der Waals surface area contributed by atoms with Crippen molar-refractivity contribution in [3.8, 4) is 34.4 Å². The van der Waals surface area contributed by atoms with Gasteiger partial charge in [-0.15, -0.1) is 5.10 Å². The molecule has 0 spiro atoms. The number of benzene rings is 3. The third kappa shape index (κ3) is 4.68. The fourth-order valence-corrected chi connectivity index (χ4v) is 4.89. The Labute approximate surface area is 232 Å². The molecule has 1 aliphatic heterocycles. The third-order valence-electron chi connectivity index (χ3n) is 6.84. The van der Waals surface area contributed by atoms with Crippen LogP contribution in [0.3, 0.4) is 0 Å². The lowest BCUT2D eigenvalue weighted by molar-refractivity contribution is -0.113. The first kappa shape index (κ1) is 26.6. The molecule has 2 N–H and O–H groups in total. The second kappa shape index (κ2) is 11.0. The quantitative estimate of drug-likeness (QED) is 0.313. The smallest absolute Gasteiger partial charge is 0.255 e. The van der Waals surface area contributed by atoms with Crippen LogP contribution < -0.4 is 29.6 Å². The van der Waals surface area contributed by atoms with Gasteiger partial charge in [-0.25, -0.2) is 4.68 Å². The van der Waals surface area contributed by atoms with Crippen molar-refractivity contribution in [3.05, 3.63) is 83.1 Å². The van der Waals surface area contributed by atoms with Crippen molar-refractivity contribution in [1.29, 1.82) is 0 Å². The highest BCUT2D eigenvalue weighted by atomic mass is 16.5. The molecule has 1 atom stereocenters. The van der Waals surface area contributed by atoms with Gasteiger partial charge in [0, 0.05) is 11.3 Å². The molecule has 0 saturated heterocycles. The summed E-state index contributed by atoms with van der Waals surface area (Å²) in [4.78, 5) is 18.8. The van der Waals surface area contributed by atoms with Crippen LogP contribution in [-0.4, -0.2) is 49.1 Å². The summed E-state index contributed by atoms with van der Waals surface area (Å²) in [7, 11) is 6.21. The minimum Gasteiger partial charge on any atom is -0.495 e. The summed E-state index contributed by atoms with van der Waals surface area (Å²) in [6.07, 6.45) is 0. The molecule has 10 heteroatoms. The van der Waals surface area contributed by atoms with E-state index in [4.69, 9.17) is 29.0 Å². The van der Waals surface area contributed by atoms with Gasteiger partial charge < -0.3 is 29.6 Å². The summed E-state index contributed by atoms with van der Waals surface area (Å²) in [5.74, 6) is 2.62. The normalized spacial score (nSPS) is 14.2. The molecule has 5 rings (SSSR count). The van der Waals surface area contributed by atoms with E-state index in [1.54, 1.807) is 45.3 Å². The molecule has 10 nitrogen and oxygen atoms in total. The molecule has 4 aromatic rings. The number of methoxy groups -OCH3 is 4. The van der Waals surface area contributed by atoms with Crippen LogP contribution in [0, 0.1) is 6.92 Å². The van der Waals surface area contributed by atoms with Crippen molar-refractivity contribution in [3.63, 3.8) is 0 Å². The van der Waals surface area contributed by atoms with E-state index in [0.29, 0.717) is 57.3 Å². The average Bonchev–Trinajstić information content (AvgIpc) is 3.39. The lowest BCUT2D eigenvalue weighted by Gasteiger charge is -2.29. The predicted octanol–water partition coefficient (Wildman–Crippen LogP) is 5.22. The number of anilines is 2. The second-order valence-corrected chi connectivity index (χ2v) is 9.20. The van der Waals surface area contributed by atoms with E-state index in [1.807, 2.05) is 62.4 Å². The molecule has 1 amide bonds. The van der Waals surface area contributed by atoms with Crippen LogP contribution in [0.5, 0.6) is 23.0 Å². The Kier molecular flexibility index (Phi) is 7.33. The van der Waals surface area contributed by atoms with Gasteiger partial charge in [0.2, 0.25) is 11.7 Å². The Balaban J connectivity index is 1.69. The van der Waals surface area contributed by atoms with Gasteiger partial charge in [-0.3, -0.25) is 4.79 Å². The largest absolute Gasteiger partial charge is 0.495 e. The fraction of sp³-hybridized carbons (Fsp3) is 0.233. The zero-order valence-corrected chi connectivity index (χ0v) is 23.2. The minimum atomic E-state index is -0.676. The molecular formula is C30H31N5O5. The van der Waals surface area contributed by atoms with E-state index in [1.165, 1.54) is 0 Å². The lowest BCUT2D eigenvalue weighted by Crippen LogP contribution is -2.31. The first-order valence-electron chi connectivity index (χ1n) is 12.6. The van der Waals surface area contributed by atoms with E-state index >= 15 is 0 Å². The number of hydrogen-bond donors (Lipinski definition) is 2. The standard InChI is InChI=1S/C30H31N5O5/c1-17-11-7-8-12-20(17)28-33-30-31-18(2)25(29(36)32-21-13-9-10-14-22(21)37-3)26(35(30)34-28)19-15-23(38-4)27(40-6)24(16-19)39-5/h7-16,26H,1-6H3,(H,32,36)(H,31,33,34).